The molecule has 2 heterocycles. The van der Waals surface area contributed by atoms with Crippen molar-refractivity contribution in [1.29, 1.82) is 0 Å². The molecule has 2 aromatic rings. The Hall–Kier alpha value is -1.26. The second-order valence-corrected chi connectivity index (χ2v) is 6.30. The lowest BCUT2D eigenvalue weighted by molar-refractivity contribution is 0.660. The first-order valence-corrected chi connectivity index (χ1v) is 7.65. The van der Waals surface area contributed by atoms with Crippen molar-refractivity contribution in [2.45, 2.75) is 6.17 Å². The Morgan fingerprint density at radius 1 is 0.947 bits per heavy atom. The highest BCUT2D eigenvalue weighted by atomic mass is 79.9. The molecule has 4 heteroatoms. The maximum absolute atomic E-state index is 3.68. The lowest BCUT2D eigenvalue weighted by Gasteiger charge is -2.36. The van der Waals surface area contributed by atoms with Gasteiger partial charge in [0.1, 0.15) is 10.8 Å². The molecule has 4 rings (SSSR count). The third-order valence-corrected chi connectivity index (χ3v) is 4.87. The van der Waals surface area contributed by atoms with E-state index in [4.69, 9.17) is 0 Å². The molecule has 0 saturated heterocycles. The van der Waals surface area contributed by atoms with Gasteiger partial charge in [-0.2, -0.15) is 0 Å². The van der Waals surface area contributed by atoms with Crippen LogP contribution < -0.4 is 10.2 Å². The summed E-state index contributed by atoms with van der Waals surface area (Å²) in [5.74, 6) is 0. The molecular formula is C15H10Br2N2. The molecule has 94 valence electrons. The molecule has 2 aromatic carbocycles. The van der Waals surface area contributed by atoms with Crippen molar-refractivity contribution >= 4 is 37.5 Å². The zero-order valence-electron chi connectivity index (χ0n) is 9.90. The third kappa shape index (κ3) is 1.53. The summed E-state index contributed by atoms with van der Waals surface area (Å²) in [6.45, 7) is 0. The van der Waals surface area contributed by atoms with E-state index < -0.39 is 0 Å². The van der Waals surface area contributed by atoms with Gasteiger partial charge in [0.2, 0.25) is 0 Å². The van der Waals surface area contributed by atoms with E-state index in [1.165, 1.54) is 22.4 Å². The van der Waals surface area contributed by atoms with Crippen LogP contribution in [0.5, 0.6) is 0 Å². The van der Waals surface area contributed by atoms with Crippen molar-refractivity contribution in [2.24, 2.45) is 0 Å². The van der Waals surface area contributed by atoms with Gasteiger partial charge >= 0.3 is 0 Å². The minimum Gasteiger partial charge on any atom is -0.365 e. The summed E-state index contributed by atoms with van der Waals surface area (Å²) in [5.41, 5.74) is 5.07. The summed E-state index contributed by atoms with van der Waals surface area (Å²) in [4.78, 5) is 2.28. The normalized spacial score (nSPS) is 19.2. The average molecular weight is 378 g/mol. The van der Waals surface area contributed by atoms with Crippen molar-refractivity contribution in [3.8, 4) is 11.1 Å². The Labute approximate surface area is 128 Å². The second-order valence-electron chi connectivity index (χ2n) is 4.63. The Balaban J connectivity index is 2.08. The van der Waals surface area contributed by atoms with Gasteiger partial charge in [0.15, 0.2) is 0 Å². The molecule has 0 aliphatic carbocycles. The summed E-state index contributed by atoms with van der Waals surface area (Å²) in [7, 11) is 0. The van der Waals surface area contributed by atoms with Crippen LogP contribution in [-0.2, 0) is 0 Å². The minimum absolute atomic E-state index is 0.164. The van der Waals surface area contributed by atoms with Gasteiger partial charge in [0.05, 0.1) is 5.69 Å². The topological polar surface area (TPSA) is 15.3 Å². The molecule has 19 heavy (non-hydrogen) atoms. The Morgan fingerprint density at radius 2 is 1.74 bits per heavy atom. The molecule has 0 bridgehead atoms. The van der Waals surface area contributed by atoms with Gasteiger partial charge in [-0.05, 0) is 43.5 Å². The molecule has 0 spiro atoms. The lowest BCUT2D eigenvalue weighted by atomic mass is 9.92. The van der Waals surface area contributed by atoms with Crippen molar-refractivity contribution in [3.63, 3.8) is 0 Å². The number of benzene rings is 2. The summed E-state index contributed by atoms with van der Waals surface area (Å²) >= 11 is 7.32. The van der Waals surface area contributed by atoms with Crippen LogP contribution in [0.1, 0.15) is 11.7 Å². The van der Waals surface area contributed by atoms with Crippen LogP contribution in [0.2, 0.25) is 0 Å². The number of halogens is 2. The Kier molecular flexibility index (Phi) is 2.50. The van der Waals surface area contributed by atoms with Crippen LogP contribution in [0.15, 0.2) is 57.7 Å². The largest absolute Gasteiger partial charge is 0.365 e. The van der Waals surface area contributed by atoms with Crippen LogP contribution in [0.25, 0.3) is 11.1 Å². The molecule has 1 atom stereocenters. The number of hydrogen-bond acceptors (Lipinski definition) is 2. The minimum atomic E-state index is 0.164. The van der Waals surface area contributed by atoms with Gasteiger partial charge in [-0.25, -0.2) is 0 Å². The number of fused-ring (bicyclic) bond motifs is 6. The average Bonchev–Trinajstić information content (AvgIpc) is 2.82. The first-order valence-electron chi connectivity index (χ1n) is 6.06. The summed E-state index contributed by atoms with van der Waals surface area (Å²) in [5, 5.41) is 3.43. The van der Waals surface area contributed by atoms with E-state index in [2.05, 4.69) is 84.5 Å². The number of anilines is 1. The second kappa shape index (κ2) is 4.12. The maximum Gasteiger partial charge on any atom is 0.131 e. The van der Waals surface area contributed by atoms with E-state index >= 15 is 0 Å². The number of nitrogens with one attached hydrogen (secondary N) is 1. The fraction of sp³-hybridized carbons (Fsp3) is 0.0667. The molecule has 0 radical (unpaired) electrons. The van der Waals surface area contributed by atoms with Crippen molar-refractivity contribution in [2.75, 3.05) is 4.90 Å². The molecule has 0 fully saturated rings. The first kappa shape index (κ1) is 11.6. The van der Waals surface area contributed by atoms with E-state index in [1.54, 1.807) is 0 Å². The zero-order valence-corrected chi connectivity index (χ0v) is 13.1. The Morgan fingerprint density at radius 3 is 2.63 bits per heavy atom. The predicted octanol–water partition coefficient (Wildman–Crippen LogP) is 4.73. The van der Waals surface area contributed by atoms with Crippen molar-refractivity contribution in [3.05, 3.63) is 63.3 Å². The van der Waals surface area contributed by atoms with Crippen LogP contribution in [-0.4, -0.2) is 0 Å². The summed E-state index contributed by atoms with van der Waals surface area (Å²) in [6, 6.07) is 14.9. The number of rotatable bonds is 0. The molecule has 2 aliphatic rings. The molecule has 0 saturated carbocycles. The lowest BCUT2D eigenvalue weighted by Crippen LogP contribution is -2.31. The monoisotopic (exact) mass is 376 g/mol. The fourth-order valence-corrected chi connectivity index (χ4v) is 3.91. The van der Waals surface area contributed by atoms with Gasteiger partial charge in [0, 0.05) is 21.8 Å². The van der Waals surface area contributed by atoms with E-state index in [9.17, 15) is 0 Å². The molecule has 0 amide bonds. The SMILES string of the molecule is BrC1=CNC2c3ccccc3-c3cccc(Br)c3N12. The standard InChI is InChI=1S/C15H10Br2N2/c16-12-7-3-6-10-9-4-1-2-5-11(9)15-18-8-13(17)19(15)14(10)12/h1-8,15,18H. The molecule has 1 unspecified atom stereocenters. The van der Waals surface area contributed by atoms with Gasteiger partial charge in [-0.1, -0.05) is 36.4 Å². The smallest absolute Gasteiger partial charge is 0.131 e. The molecule has 1 N–H and O–H groups in total. The first-order chi connectivity index (χ1) is 9.27. The van der Waals surface area contributed by atoms with E-state index in [0.717, 1.165) is 9.08 Å². The van der Waals surface area contributed by atoms with Gasteiger partial charge < -0.3 is 10.2 Å². The summed E-state index contributed by atoms with van der Waals surface area (Å²) in [6.07, 6.45) is 2.17. The highest BCUT2D eigenvalue weighted by molar-refractivity contribution is 9.11. The van der Waals surface area contributed by atoms with E-state index in [-0.39, 0.29) is 6.17 Å². The van der Waals surface area contributed by atoms with E-state index in [1.807, 2.05) is 6.20 Å². The molecule has 2 nitrogen and oxygen atoms in total. The maximum atomic E-state index is 3.68. The Bertz CT molecular complexity index is 709. The van der Waals surface area contributed by atoms with Crippen LogP contribution >= 0.6 is 31.9 Å². The van der Waals surface area contributed by atoms with Gasteiger partial charge in [-0.15, -0.1) is 0 Å². The highest BCUT2D eigenvalue weighted by Gasteiger charge is 2.36. The number of nitrogens with zero attached hydrogens (tertiary/aromatic N) is 1. The predicted molar refractivity (Wildman–Crippen MR) is 84.9 cm³/mol. The molecular weight excluding hydrogens is 368 g/mol. The number of para-hydroxylation sites is 1. The molecule has 0 aromatic heterocycles. The zero-order chi connectivity index (χ0) is 13.0. The van der Waals surface area contributed by atoms with Crippen molar-refractivity contribution < 1.29 is 0 Å². The van der Waals surface area contributed by atoms with Crippen molar-refractivity contribution in [1.82, 2.24) is 5.32 Å². The van der Waals surface area contributed by atoms with Crippen LogP contribution in [0.4, 0.5) is 5.69 Å². The van der Waals surface area contributed by atoms with Crippen LogP contribution in [0.3, 0.4) is 0 Å². The van der Waals surface area contributed by atoms with Gasteiger partial charge in [0.25, 0.3) is 0 Å². The van der Waals surface area contributed by atoms with Crippen LogP contribution in [0, 0.1) is 0 Å². The quantitative estimate of drug-likeness (QED) is 0.667. The highest BCUT2D eigenvalue weighted by Crippen LogP contribution is 2.50. The number of hydrogen-bond donors (Lipinski definition) is 1. The molecule has 2 aliphatic heterocycles. The third-order valence-electron chi connectivity index (χ3n) is 3.62. The summed E-state index contributed by atoms with van der Waals surface area (Å²) < 4.78 is 2.17. The van der Waals surface area contributed by atoms with E-state index in [0.29, 0.717) is 0 Å². The fourth-order valence-electron chi connectivity index (χ4n) is 2.84. The van der Waals surface area contributed by atoms with Gasteiger partial charge in [-0.3, -0.25) is 0 Å².